The number of quaternary nitrogens is 2. The predicted molar refractivity (Wildman–Crippen MR) is 56.2 cm³/mol. The van der Waals surface area contributed by atoms with Gasteiger partial charge in [0.25, 0.3) is 0 Å². The minimum Gasteiger partial charge on any atom is -0.335 e. The zero-order valence-electron chi connectivity index (χ0n) is 10.1. The lowest BCUT2D eigenvalue weighted by Crippen LogP contribution is -3.23. The molecule has 0 radical (unpaired) electrons. The smallest absolute Gasteiger partial charge is 0.108 e. The summed E-state index contributed by atoms with van der Waals surface area (Å²) in [7, 11) is 6.92. The van der Waals surface area contributed by atoms with Gasteiger partial charge in [-0.15, -0.1) is 0 Å². The van der Waals surface area contributed by atoms with Gasteiger partial charge >= 0.3 is 0 Å². The molecule has 4 atom stereocenters. The Kier molecular flexibility index (Phi) is 3.03. The molecular formula is C11H26N2+2. The Bertz CT molecular complexity index is 179. The average molecular weight is 186 g/mol. The standard InChI is InChI=1S/C11H24N2/c1-9-8-13(6)10(2)7-11(9,3)12(4)5/h9-10H,7-8H2,1-6H3/p+2/t9-,10+,11-/m1/s1. The van der Waals surface area contributed by atoms with Crippen LogP contribution in [0.25, 0.3) is 0 Å². The first kappa shape index (κ1) is 11.0. The second-order valence-corrected chi connectivity index (χ2v) is 5.47. The van der Waals surface area contributed by atoms with E-state index < -0.39 is 0 Å². The van der Waals surface area contributed by atoms with Crippen LogP contribution in [0.2, 0.25) is 0 Å². The molecule has 13 heavy (non-hydrogen) atoms. The van der Waals surface area contributed by atoms with Crippen molar-refractivity contribution in [3.63, 3.8) is 0 Å². The number of hydrogen-bond donors (Lipinski definition) is 2. The van der Waals surface area contributed by atoms with E-state index in [0.717, 1.165) is 12.0 Å². The van der Waals surface area contributed by atoms with E-state index in [9.17, 15) is 0 Å². The zero-order valence-corrected chi connectivity index (χ0v) is 10.1. The van der Waals surface area contributed by atoms with Gasteiger partial charge in [-0.2, -0.15) is 0 Å². The van der Waals surface area contributed by atoms with Crippen LogP contribution >= 0.6 is 0 Å². The quantitative estimate of drug-likeness (QED) is 0.511. The molecule has 1 fully saturated rings. The van der Waals surface area contributed by atoms with Crippen molar-refractivity contribution in [2.24, 2.45) is 5.92 Å². The van der Waals surface area contributed by atoms with E-state index in [1.807, 2.05) is 0 Å². The Morgan fingerprint density at radius 2 is 1.85 bits per heavy atom. The average Bonchev–Trinajstić information content (AvgIpc) is 2.01. The highest BCUT2D eigenvalue weighted by atomic mass is 15.2. The first-order valence-corrected chi connectivity index (χ1v) is 5.51. The highest BCUT2D eigenvalue weighted by molar-refractivity contribution is 4.83. The molecule has 0 aromatic heterocycles. The van der Waals surface area contributed by atoms with Gasteiger partial charge in [-0.3, -0.25) is 0 Å². The summed E-state index contributed by atoms with van der Waals surface area (Å²) >= 11 is 0. The molecule has 78 valence electrons. The van der Waals surface area contributed by atoms with Crippen molar-refractivity contribution in [2.75, 3.05) is 27.7 Å². The van der Waals surface area contributed by atoms with Crippen molar-refractivity contribution >= 4 is 0 Å². The van der Waals surface area contributed by atoms with Crippen LogP contribution in [-0.2, 0) is 0 Å². The third-order valence-corrected chi connectivity index (χ3v) is 4.43. The molecule has 2 heteroatoms. The van der Waals surface area contributed by atoms with Crippen LogP contribution in [-0.4, -0.2) is 39.3 Å². The Labute approximate surface area is 82.9 Å². The van der Waals surface area contributed by atoms with E-state index in [1.54, 1.807) is 9.80 Å². The van der Waals surface area contributed by atoms with Crippen molar-refractivity contribution < 1.29 is 9.80 Å². The molecule has 0 aromatic carbocycles. The maximum Gasteiger partial charge on any atom is 0.108 e. The van der Waals surface area contributed by atoms with Crippen molar-refractivity contribution in [1.82, 2.24) is 0 Å². The van der Waals surface area contributed by atoms with E-state index >= 15 is 0 Å². The molecule has 1 heterocycles. The minimum absolute atomic E-state index is 0.485. The molecule has 1 rings (SSSR count). The van der Waals surface area contributed by atoms with Crippen LogP contribution < -0.4 is 9.80 Å². The van der Waals surface area contributed by atoms with E-state index in [-0.39, 0.29) is 0 Å². The van der Waals surface area contributed by atoms with Gasteiger partial charge in [0.05, 0.1) is 46.1 Å². The number of hydrogen-bond acceptors (Lipinski definition) is 0. The maximum absolute atomic E-state index is 2.44. The molecule has 0 bridgehead atoms. The van der Waals surface area contributed by atoms with Crippen molar-refractivity contribution in [3.05, 3.63) is 0 Å². The van der Waals surface area contributed by atoms with Gasteiger partial charge in [-0.25, -0.2) is 0 Å². The second kappa shape index (κ2) is 3.58. The third kappa shape index (κ3) is 1.89. The van der Waals surface area contributed by atoms with Crippen LogP contribution in [0.4, 0.5) is 0 Å². The molecule has 1 aliphatic rings. The van der Waals surface area contributed by atoms with Crippen LogP contribution in [0.5, 0.6) is 0 Å². The lowest BCUT2D eigenvalue weighted by atomic mass is 9.77. The first-order valence-electron chi connectivity index (χ1n) is 5.51. The zero-order chi connectivity index (χ0) is 10.2. The minimum atomic E-state index is 0.485. The Balaban J connectivity index is 2.76. The van der Waals surface area contributed by atoms with Crippen LogP contribution in [0.1, 0.15) is 27.2 Å². The van der Waals surface area contributed by atoms with Gasteiger partial charge in [0, 0.05) is 0 Å². The SMILES string of the molecule is C[C@@H]1C[NH+](C)[C@@H](C)C[C@@]1(C)[NH+](C)C. The second-order valence-electron chi connectivity index (χ2n) is 5.47. The summed E-state index contributed by atoms with van der Waals surface area (Å²) in [5, 5.41) is 0. The van der Waals surface area contributed by atoms with Crippen LogP contribution in [0.3, 0.4) is 0 Å². The number of likely N-dealkylation sites (tertiary alicyclic amines) is 1. The Morgan fingerprint density at radius 1 is 1.31 bits per heavy atom. The Hall–Kier alpha value is -0.0800. The fourth-order valence-electron chi connectivity index (χ4n) is 2.62. The van der Waals surface area contributed by atoms with Gasteiger partial charge in [-0.1, -0.05) is 6.92 Å². The summed E-state index contributed by atoms with van der Waals surface area (Å²) in [6.45, 7) is 8.55. The highest BCUT2D eigenvalue weighted by Gasteiger charge is 2.46. The third-order valence-electron chi connectivity index (χ3n) is 4.43. The highest BCUT2D eigenvalue weighted by Crippen LogP contribution is 2.20. The Morgan fingerprint density at radius 3 is 2.31 bits per heavy atom. The summed E-state index contributed by atoms with van der Waals surface area (Å²) in [4.78, 5) is 3.31. The molecule has 1 saturated heterocycles. The van der Waals surface area contributed by atoms with E-state index in [2.05, 4.69) is 41.9 Å². The predicted octanol–water partition coefficient (Wildman–Crippen LogP) is -1.17. The topological polar surface area (TPSA) is 8.88 Å². The van der Waals surface area contributed by atoms with Crippen molar-refractivity contribution in [2.45, 2.75) is 38.8 Å². The monoisotopic (exact) mass is 186 g/mol. The molecule has 1 aliphatic heterocycles. The molecule has 2 N–H and O–H groups in total. The summed E-state index contributed by atoms with van der Waals surface area (Å²) < 4.78 is 0. The van der Waals surface area contributed by atoms with Gasteiger partial charge < -0.3 is 9.80 Å². The fourth-order valence-corrected chi connectivity index (χ4v) is 2.62. The molecular weight excluding hydrogens is 160 g/mol. The molecule has 0 saturated carbocycles. The normalized spacial score (nSPS) is 46.8. The van der Waals surface area contributed by atoms with E-state index in [1.165, 1.54) is 13.0 Å². The van der Waals surface area contributed by atoms with Gasteiger partial charge in [0.2, 0.25) is 0 Å². The van der Waals surface area contributed by atoms with Gasteiger partial charge in [0.15, 0.2) is 0 Å². The molecule has 0 aromatic rings. The largest absolute Gasteiger partial charge is 0.335 e. The van der Waals surface area contributed by atoms with Crippen molar-refractivity contribution in [1.29, 1.82) is 0 Å². The van der Waals surface area contributed by atoms with Crippen LogP contribution in [0.15, 0.2) is 0 Å². The summed E-state index contributed by atoms with van der Waals surface area (Å²) in [6, 6.07) is 0.816. The van der Waals surface area contributed by atoms with Crippen LogP contribution in [0, 0.1) is 5.92 Å². The number of nitrogens with one attached hydrogen (secondary N) is 2. The van der Waals surface area contributed by atoms with E-state index in [0.29, 0.717) is 5.54 Å². The van der Waals surface area contributed by atoms with Crippen molar-refractivity contribution in [3.8, 4) is 0 Å². The molecule has 0 aliphatic carbocycles. The summed E-state index contributed by atoms with van der Waals surface area (Å²) in [5.74, 6) is 0.827. The van der Waals surface area contributed by atoms with Gasteiger partial charge in [-0.05, 0) is 13.8 Å². The summed E-state index contributed by atoms with van der Waals surface area (Å²) in [6.07, 6.45) is 1.35. The molecule has 0 spiro atoms. The van der Waals surface area contributed by atoms with Gasteiger partial charge in [0.1, 0.15) is 5.54 Å². The lowest BCUT2D eigenvalue weighted by Gasteiger charge is -2.45. The summed E-state index contributed by atoms with van der Waals surface area (Å²) in [5.41, 5.74) is 0.485. The first-order chi connectivity index (χ1) is 5.88. The molecule has 2 nitrogen and oxygen atoms in total. The number of piperidine rings is 1. The number of rotatable bonds is 1. The molecule has 1 unspecified atom stereocenters. The fraction of sp³-hybridized carbons (Fsp3) is 1.00. The molecule has 0 amide bonds. The van der Waals surface area contributed by atoms with E-state index in [4.69, 9.17) is 0 Å². The maximum atomic E-state index is 2.44. The lowest BCUT2D eigenvalue weighted by molar-refractivity contribution is -0.966.